The van der Waals surface area contributed by atoms with Crippen molar-refractivity contribution in [3.8, 4) is 0 Å². The molecule has 0 radical (unpaired) electrons. The number of carbonyl (C=O) groups is 2. The van der Waals surface area contributed by atoms with Crippen molar-refractivity contribution >= 4 is 29.3 Å². The summed E-state index contributed by atoms with van der Waals surface area (Å²) in [6, 6.07) is 2.73. The highest BCUT2D eigenvalue weighted by Gasteiger charge is 2.18. The van der Waals surface area contributed by atoms with Crippen molar-refractivity contribution in [3.63, 3.8) is 0 Å². The molecule has 0 aromatic heterocycles. The summed E-state index contributed by atoms with van der Waals surface area (Å²) >= 11 is 5.71. The Morgan fingerprint density at radius 3 is 2.52 bits per heavy atom. The van der Waals surface area contributed by atoms with E-state index in [0.29, 0.717) is 4.90 Å². The summed E-state index contributed by atoms with van der Waals surface area (Å²) in [4.78, 5) is 23.4. The number of benzene rings is 1. The second-order valence-corrected chi connectivity index (χ2v) is 4.46. The summed E-state index contributed by atoms with van der Waals surface area (Å²) in [6.45, 7) is -1.60. The van der Waals surface area contributed by atoms with Gasteiger partial charge < -0.3 is 20.4 Å². The molecule has 6 nitrogen and oxygen atoms in total. The smallest absolute Gasteiger partial charge is 0.335 e. The summed E-state index contributed by atoms with van der Waals surface area (Å²) < 4.78 is 24.7. The van der Waals surface area contributed by atoms with Crippen molar-refractivity contribution in [1.82, 2.24) is 4.90 Å². The van der Waals surface area contributed by atoms with Crippen LogP contribution < -0.4 is 5.32 Å². The Morgan fingerprint density at radius 2 is 2.00 bits per heavy atom. The van der Waals surface area contributed by atoms with Crippen molar-refractivity contribution in [2.45, 2.75) is 6.43 Å². The molecule has 1 aromatic rings. The first kappa shape index (κ1) is 17.1. The number of anilines is 1. The maximum Gasteiger partial charge on any atom is 0.335 e. The van der Waals surface area contributed by atoms with E-state index < -0.39 is 31.6 Å². The molecule has 0 aliphatic heterocycles. The number of halogens is 3. The molecule has 9 heteroatoms. The van der Waals surface area contributed by atoms with Gasteiger partial charge in [0.15, 0.2) is 0 Å². The molecule has 3 N–H and O–H groups in total. The maximum atomic E-state index is 12.3. The molecule has 0 atom stereocenters. The summed E-state index contributed by atoms with van der Waals surface area (Å²) in [5, 5.41) is 20.0. The molecule has 0 fully saturated rings. The Balaban J connectivity index is 2.87. The second kappa shape index (κ2) is 7.75. The molecule has 0 spiro atoms. The number of carbonyl (C=O) groups excluding carboxylic acids is 1. The number of aromatic carboxylic acids is 1. The van der Waals surface area contributed by atoms with Crippen LogP contribution in [0, 0.1) is 0 Å². The fourth-order valence-electron chi connectivity index (χ4n) is 1.55. The van der Waals surface area contributed by atoms with Crippen LogP contribution in [0.4, 0.5) is 19.3 Å². The lowest BCUT2D eigenvalue weighted by Gasteiger charge is -2.21. The van der Waals surface area contributed by atoms with Gasteiger partial charge in [0.05, 0.1) is 18.7 Å². The lowest BCUT2D eigenvalue weighted by Crippen LogP contribution is -2.40. The number of urea groups is 1. The van der Waals surface area contributed by atoms with E-state index in [2.05, 4.69) is 5.32 Å². The van der Waals surface area contributed by atoms with Crippen molar-refractivity contribution < 1.29 is 28.6 Å². The van der Waals surface area contributed by atoms with Crippen LogP contribution in [0.15, 0.2) is 18.2 Å². The highest BCUT2D eigenvalue weighted by molar-refractivity contribution is 6.31. The van der Waals surface area contributed by atoms with Gasteiger partial charge in [-0.25, -0.2) is 18.4 Å². The number of aliphatic hydroxyl groups is 1. The van der Waals surface area contributed by atoms with E-state index in [1.54, 1.807) is 0 Å². The Labute approximate surface area is 123 Å². The van der Waals surface area contributed by atoms with Crippen molar-refractivity contribution in [2.75, 3.05) is 25.0 Å². The summed E-state index contributed by atoms with van der Waals surface area (Å²) in [7, 11) is 0. The third kappa shape index (κ3) is 5.52. The van der Waals surface area contributed by atoms with E-state index in [9.17, 15) is 18.4 Å². The van der Waals surface area contributed by atoms with Gasteiger partial charge in [-0.1, -0.05) is 11.6 Å². The molecule has 1 aromatic carbocycles. The first-order chi connectivity index (χ1) is 9.83. The molecule has 116 valence electrons. The molecule has 0 unspecified atom stereocenters. The minimum Gasteiger partial charge on any atom is -0.478 e. The van der Waals surface area contributed by atoms with Gasteiger partial charge in [-0.05, 0) is 18.2 Å². The van der Waals surface area contributed by atoms with Crippen LogP contribution in [0.3, 0.4) is 0 Å². The number of aliphatic hydroxyl groups excluding tert-OH is 1. The number of hydrogen-bond acceptors (Lipinski definition) is 3. The zero-order chi connectivity index (χ0) is 16.0. The molecular formula is C12H13ClF2N2O4. The number of carboxylic acids is 1. The predicted octanol–water partition coefficient (Wildman–Crippen LogP) is 2.13. The van der Waals surface area contributed by atoms with E-state index in [1.165, 1.54) is 12.1 Å². The third-order valence-electron chi connectivity index (χ3n) is 2.41. The fourth-order valence-corrected chi connectivity index (χ4v) is 1.79. The average molecular weight is 323 g/mol. The van der Waals surface area contributed by atoms with Crippen LogP contribution in [0.5, 0.6) is 0 Å². The number of alkyl halides is 2. The largest absolute Gasteiger partial charge is 0.478 e. The van der Waals surface area contributed by atoms with Gasteiger partial charge in [0.25, 0.3) is 6.43 Å². The molecule has 21 heavy (non-hydrogen) atoms. The van der Waals surface area contributed by atoms with Gasteiger partial charge >= 0.3 is 12.0 Å². The SMILES string of the molecule is O=C(O)c1cc(Cl)cc(NC(=O)N(CCO)CC(F)F)c1. The van der Waals surface area contributed by atoms with Crippen LogP contribution in [0.1, 0.15) is 10.4 Å². The first-order valence-electron chi connectivity index (χ1n) is 5.82. The molecular weight excluding hydrogens is 310 g/mol. The van der Waals surface area contributed by atoms with Crippen molar-refractivity contribution in [3.05, 3.63) is 28.8 Å². The molecule has 0 aliphatic carbocycles. The lowest BCUT2D eigenvalue weighted by molar-refractivity contribution is 0.0697. The van der Waals surface area contributed by atoms with Gasteiger partial charge in [-0.2, -0.15) is 0 Å². The van der Waals surface area contributed by atoms with Crippen LogP contribution in [-0.4, -0.2) is 53.2 Å². The molecule has 0 heterocycles. The number of hydrogen-bond donors (Lipinski definition) is 3. The molecule has 0 saturated carbocycles. The fraction of sp³-hybridized carbons (Fsp3) is 0.333. The zero-order valence-corrected chi connectivity index (χ0v) is 11.5. The predicted molar refractivity (Wildman–Crippen MR) is 72.1 cm³/mol. The highest BCUT2D eigenvalue weighted by Crippen LogP contribution is 2.19. The van der Waals surface area contributed by atoms with Gasteiger partial charge in [-0.15, -0.1) is 0 Å². The van der Waals surface area contributed by atoms with E-state index in [4.69, 9.17) is 21.8 Å². The highest BCUT2D eigenvalue weighted by atomic mass is 35.5. The minimum absolute atomic E-state index is 0.0575. The number of carboxylic acid groups (broad SMARTS) is 1. The van der Waals surface area contributed by atoms with Crippen LogP contribution in [0.25, 0.3) is 0 Å². The molecule has 1 rings (SSSR count). The van der Waals surface area contributed by atoms with Gasteiger partial charge in [0, 0.05) is 17.3 Å². The van der Waals surface area contributed by atoms with E-state index in [1.807, 2.05) is 0 Å². The number of nitrogens with zero attached hydrogens (tertiary/aromatic N) is 1. The van der Waals surface area contributed by atoms with Crippen molar-refractivity contribution in [2.24, 2.45) is 0 Å². The Kier molecular flexibility index (Phi) is 6.32. The quantitative estimate of drug-likeness (QED) is 0.748. The number of nitrogens with one attached hydrogen (secondary N) is 1. The summed E-state index contributed by atoms with van der Waals surface area (Å²) in [5.74, 6) is -1.24. The normalized spacial score (nSPS) is 10.5. The molecule has 0 bridgehead atoms. The zero-order valence-electron chi connectivity index (χ0n) is 10.7. The van der Waals surface area contributed by atoms with Crippen LogP contribution in [-0.2, 0) is 0 Å². The number of amides is 2. The summed E-state index contributed by atoms with van der Waals surface area (Å²) in [5.41, 5.74) is -0.0949. The van der Waals surface area contributed by atoms with Crippen LogP contribution in [0.2, 0.25) is 5.02 Å². The summed E-state index contributed by atoms with van der Waals surface area (Å²) in [6.07, 6.45) is -2.75. The molecule has 0 saturated heterocycles. The lowest BCUT2D eigenvalue weighted by atomic mass is 10.2. The van der Waals surface area contributed by atoms with E-state index in [-0.39, 0.29) is 22.8 Å². The Bertz CT molecular complexity index is 528. The molecule has 2 amide bonds. The molecule has 0 aliphatic rings. The maximum absolute atomic E-state index is 12.3. The van der Waals surface area contributed by atoms with Gasteiger partial charge in [0.2, 0.25) is 0 Å². The Morgan fingerprint density at radius 1 is 1.33 bits per heavy atom. The third-order valence-corrected chi connectivity index (χ3v) is 2.63. The average Bonchev–Trinajstić information content (AvgIpc) is 2.36. The van der Waals surface area contributed by atoms with Gasteiger partial charge in [-0.3, -0.25) is 0 Å². The minimum atomic E-state index is -2.75. The van der Waals surface area contributed by atoms with Gasteiger partial charge in [0.1, 0.15) is 0 Å². The second-order valence-electron chi connectivity index (χ2n) is 4.02. The van der Waals surface area contributed by atoms with Crippen LogP contribution >= 0.6 is 11.6 Å². The first-order valence-corrected chi connectivity index (χ1v) is 6.20. The number of rotatable bonds is 6. The monoisotopic (exact) mass is 322 g/mol. The van der Waals surface area contributed by atoms with E-state index >= 15 is 0 Å². The topological polar surface area (TPSA) is 89.9 Å². The van der Waals surface area contributed by atoms with E-state index in [0.717, 1.165) is 6.07 Å². The van der Waals surface area contributed by atoms with Crippen molar-refractivity contribution in [1.29, 1.82) is 0 Å². The Hall–Kier alpha value is -1.93. The standard InChI is InChI=1S/C12H13ClF2N2O4/c13-8-3-7(11(19)20)4-9(5-8)16-12(21)17(1-2-18)6-10(14)15/h3-5,10,18H,1-2,6H2,(H,16,21)(H,19,20).